The quantitative estimate of drug-likeness (QED) is 0.301. The Kier molecular flexibility index (Phi) is 6.19. The Morgan fingerprint density at radius 2 is 1.50 bits per heavy atom. The van der Waals surface area contributed by atoms with Crippen molar-refractivity contribution < 1.29 is 29.3 Å². The smallest absolute Gasteiger partial charge is 0.825 e. The molecule has 0 fully saturated rings. The van der Waals surface area contributed by atoms with Gasteiger partial charge in [-0.25, -0.2) is 0 Å². The minimum absolute atomic E-state index is 0. The van der Waals surface area contributed by atoms with E-state index in [2.05, 4.69) is 24.1 Å². The molecule has 0 unspecified atom stereocenters. The maximum absolute atomic E-state index is 9.34. The fourth-order valence-electron chi connectivity index (χ4n) is 0. The third-order valence-electron chi connectivity index (χ3n) is 0. The van der Waals surface area contributed by atoms with Gasteiger partial charge in [0, 0.05) is 0 Å². The van der Waals surface area contributed by atoms with Crippen molar-refractivity contribution in [3.8, 4) is 0 Å². The van der Waals surface area contributed by atoms with Gasteiger partial charge in [0.1, 0.15) is 0 Å². The van der Waals surface area contributed by atoms with Gasteiger partial charge in [0.05, 0.1) is 0 Å². The molecule has 0 aromatic rings. The normalized spacial score (nSPS) is 9.83. The molecule has 0 spiro atoms. The molecule has 6 heteroatoms. The van der Waals surface area contributed by atoms with Gasteiger partial charge in [-0.15, -0.1) is 11.8 Å². The average Bonchev–Trinajstić information content (AvgIpc) is 0.722. The van der Waals surface area contributed by atoms with Crippen LogP contribution in [0.2, 0.25) is 0 Å². The van der Waals surface area contributed by atoms with Crippen LogP contribution in [0, 0.1) is 0 Å². The molecule has 0 radical (unpaired) electrons. The van der Waals surface area contributed by atoms with E-state index in [0.29, 0.717) is 0 Å². The summed E-state index contributed by atoms with van der Waals surface area (Å²) in [5, 5.41) is 0. The first-order chi connectivity index (χ1) is 2.00. The molecule has 0 amide bonds. The molecule has 0 saturated carbocycles. The number of rotatable bonds is 0. The molecule has 0 aromatic carbocycles. The topological polar surface area (TPSA) is 46.1 Å². The standard InChI is InChI=1S/H3O2PS2.Zn/c1-3(2,4)5;/h(H3,1,2,4,5);/q;+2/p-2. The van der Waals surface area contributed by atoms with Crippen LogP contribution in [-0.4, -0.2) is 0 Å². The number of hydrogen-bond acceptors (Lipinski definition) is 3. The van der Waals surface area contributed by atoms with Crippen molar-refractivity contribution in [1.29, 1.82) is 0 Å². The van der Waals surface area contributed by atoms with Crippen LogP contribution in [0.4, 0.5) is 0 Å². The third-order valence-corrected chi connectivity index (χ3v) is 0. The van der Waals surface area contributed by atoms with Crippen LogP contribution in [0.15, 0.2) is 0 Å². The first kappa shape index (κ1) is 10.5. The average molecular weight is 194 g/mol. The van der Waals surface area contributed by atoms with Gasteiger partial charge < -0.3 is 9.79 Å². The van der Waals surface area contributed by atoms with Crippen LogP contribution < -0.4 is 9.79 Å². The van der Waals surface area contributed by atoms with Crippen LogP contribution >= 0.6 is 17.9 Å². The van der Waals surface area contributed by atoms with E-state index < -0.39 is 5.69 Å². The molecule has 0 aliphatic carbocycles. The van der Waals surface area contributed by atoms with Crippen LogP contribution in [-0.2, 0) is 31.3 Å². The van der Waals surface area contributed by atoms with Gasteiger partial charge in [-0.3, -0.25) is 0 Å². The Hall–Kier alpha value is 1.54. The zero-order chi connectivity index (χ0) is 4.50. The minimum atomic E-state index is -3.61. The van der Waals surface area contributed by atoms with Crippen molar-refractivity contribution in [3.05, 3.63) is 0 Å². The van der Waals surface area contributed by atoms with Crippen molar-refractivity contribution in [1.82, 2.24) is 0 Å². The predicted octanol–water partition coefficient (Wildman–Crippen LogP) is -1.14. The van der Waals surface area contributed by atoms with Gasteiger partial charge in [-0.2, -0.15) is 17.9 Å². The zero-order valence-corrected chi connectivity index (χ0v) is 8.40. The van der Waals surface area contributed by atoms with E-state index in [1.165, 1.54) is 0 Å². The summed E-state index contributed by atoms with van der Waals surface area (Å²) in [7, 11) is 0. The largest absolute Gasteiger partial charge is 2.00 e. The SMILES string of the molecule is [O-]P([O-])(=S)S.[Zn+2]. The first-order valence-electron chi connectivity index (χ1n) is 0.748. The van der Waals surface area contributed by atoms with Crippen molar-refractivity contribution >= 4 is 29.7 Å². The van der Waals surface area contributed by atoms with Gasteiger partial charge >= 0.3 is 19.5 Å². The second kappa shape index (κ2) is 3.53. The Balaban J connectivity index is 0. The molecule has 0 aromatic heterocycles. The van der Waals surface area contributed by atoms with E-state index in [0.717, 1.165) is 0 Å². The molecule has 0 N–H and O–H groups in total. The van der Waals surface area contributed by atoms with Crippen molar-refractivity contribution in [2.75, 3.05) is 0 Å². The first-order valence-corrected chi connectivity index (χ1v) is 4.54. The van der Waals surface area contributed by atoms with Crippen molar-refractivity contribution in [2.45, 2.75) is 0 Å². The van der Waals surface area contributed by atoms with Crippen molar-refractivity contribution in [2.24, 2.45) is 0 Å². The number of hydrogen-bond donors (Lipinski definition) is 1. The third kappa shape index (κ3) is 48.0. The molecule has 0 bridgehead atoms. The van der Waals surface area contributed by atoms with Crippen LogP contribution in [0.1, 0.15) is 0 Å². The Morgan fingerprint density at radius 1 is 1.50 bits per heavy atom. The van der Waals surface area contributed by atoms with Gasteiger partial charge in [0.25, 0.3) is 0 Å². The van der Waals surface area contributed by atoms with E-state index in [4.69, 9.17) is 0 Å². The molecule has 0 aliphatic heterocycles. The van der Waals surface area contributed by atoms with Crippen LogP contribution in [0.5, 0.6) is 0 Å². The minimum Gasteiger partial charge on any atom is -0.825 e. The Morgan fingerprint density at radius 3 is 1.50 bits per heavy atom. The van der Waals surface area contributed by atoms with Gasteiger partial charge in [-0.05, 0) is 0 Å². The van der Waals surface area contributed by atoms with Crippen LogP contribution in [0.3, 0.4) is 0 Å². The van der Waals surface area contributed by atoms with Gasteiger partial charge in [-0.1, -0.05) is 0 Å². The molecule has 0 atom stereocenters. The molecule has 0 aliphatic rings. The summed E-state index contributed by atoms with van der Waals surface area (Å²) in [6, 6.07) is 0. The molecular formula is HO2PS2Zn. The molecule has 2 nitrogen and oxygen atoms in total. The molecule has 6 heavy (non-hydrogen) atoms. The monoisotopic (exact) mass is 192 g/mol. The summed E-state index contributed by atoms with van der Waals surface area (Å²) in [5.41, 5.74) is -3.61. The summed E-state index contributed by atoms with van der Waals surface area (Å²) >= 11 is 6.63. The van der Waals surface area contributed by atoms with E-state index >= 15 is 0 Å². The molecule has 32 valence electrons. The molecular weight excluding hydrogens is 192 g/mol. The molecule has 0 rings (SSSR count). The van der Waals surface area contributed by atoms with E-state index in [-0.39, 0.29) is 19.5 Å². The maximum atomic E-state index is 9.34. The van der Waals surface area contributed by atoms with E-state index in [1.807, 2.05) is 0 Å². The second-order valence-corrected chi connectivity index (χ2v) is 5.24. The Bertz CT molecular complexity index is 57.7. The van der Waals surface area contributed by atoms with Crippen molar-refractivity contribution in [3.63, 3.8) is 0 Å². The Labute approximate surface area is 59.0 Å². The summed E-state index contributed by atoms with van der Waals surface area (Å²) < 4.78 is 0. The summed E-state index contributed by atoms with van der Waals surface area (Å²) in [5.74, 6) is 0. The van der Waals surface area contributed by atoms with E-state index in [1.54, 1.807) is 0 Å². The van der Waals surface area contributed by atoms with Crippen LogP contribution in [0.25, 0.3) is 0 Å². The fourth-order valence-corrected chi connectivity index (χ4v) is 0. The predicted molar refractivity (Wildman–Crippen MR) is 23.3 cm³/mol. The zero-order valence-electron chi connectivity index (χ0n) is 2.83. The molecule has 0 saturated heterocycles. The fraction of sp³-hybridized carbons (Fsp3) is 0. The number of thiol groups is 1. The summed E-state index contributed by atoms with van der Waals surface area (Å²) in [4.78, 5) is 18.7. The summed E-state index contributed by atoms with van der Waals surface area (Å²) in [6.07, 6.45) is 0. The van der Waals surface area contributed by atoms with Gasteiger partial charge in [0.2, 0.25) is 0 Å². The van der Waals surface area contributed by atoms with E-state index in [9.17, 15) is 9.79 Å². The molecule has 0 heterocycles. The van der Waals surface area contributed by atoms with Gasteiger partial charge in [0.15, 0.2) is 0 Å². The maximum Gasteiger partial charge on any atom is 2.00 e. The second-order valence-electron chi connectivity index (χ2n) is 0.469. The summed E-state index contributed by atoms with van der Waals surface area (Å²) in [6.45, 7) is 0.